The molecule has 0 aromatic rings. The molecular weight excluding hydrogens is 1170 g/mol. The molecule has 0 saturated carbocycles. The van der Waals surface area contributed by atoms with Crippen molar-refractivity contribution in [3.8, 4) is 0 Å². The zero-order chi connectivity index (χ0) is 67.3. The van der Waals surface area contributed by atoms with Crippen molar-refractivity contribution < 1.29 is 64.6 Å². The number of allylic oxidation sites excluding steroid dienone is 17. The molecule has 9 N–H and O–H groups in total. The van der Waals surface area contributed by atoms with Crippen LogP contribution in [0.25, 0.3) is 0 Å². The van der Waals surface area contributed by atoms with Crippen LogP contribution in [0.5, 0.6) is 0 Å². The molecule has 12 atom stereocenters. The Morgan fingerprint density at radius 3 is 1.14 bits per heavy atom. The minimum absolute atomic E-state index is 0.241. The van der Waals surface area contributed by atoms with E-state index < -0.39 is 86.8 Å². The maximum Gasteiger partial charge on any atom is 0.220 e. The van der Waals surface area contributed by atoms with Gasteiger partial charge in [-0.2, -0.15) is 0 Å². The van der Waals surface area contributed by atoms with Crippen molar-refractivity contribution in [2.45, 2.75) is 364 Å². The molecule has 2 saturated heterocycles. The first kappa shape index (κ1) is 85.7. The van der Waals surface area contributed by atoms with Crippen LogP contribution >= 0.6 is 0 Å². The maximum atomic E-state index is 13.4. The Kier molecular flexibility index (Phi) is 57.3. The fourth-order valence-electron chi connectivity index (χ4n) is 11.8. The van der Waals surface area contributed by atoms with E-state index in [-0.39, 0.29) is 18.9 Å². The Balaban J connectivity index is 1.62. The van der Waals surface area contributed by atoms with Gasteiger partial charge in [-0.1, -0.05) is 309 Å². The summed E-state index contributed by atoms with van der Waals surface area (Å²) in [5, 5.41) is 87.5. The van der Waals surface area contributed by atoms with Gasteiger partial charge in [0.05, 0.1) is 32.0 Å². The molecule has 0 bridgehead atoms. The molecule has 2 aliphatic heterocycles. The average molecular weight is 1310 g/mol. The quantitative estimate of drug-likeness (QED) is 0.0204. The monoisotopic (exact) mass is 1310 g/mol. The molecular formula is C79H137NO13. The Hall–Kier alpha value is -3.35. The van der Waals surface area contributed by atoms with E-state index in [1.165, 1.54) is 173 Å². The largest absolute Gasteiger partial charge is 0.394 e. The minimum atomic E-state index is -1.79. The van der Waals surface area contributed by atoms with Crippen LogP contribution in [0.3, 0.4) is 0 Å². The lowest BCUT2D eigenvalue weighted by molar-refractivity contribution is -0.359. The van der Waals surface area contributed by atoms with Gasteiger partial charge >= 0.3 is 0 Å². The zero-order valence-electron chi connectivity index (χ0n) is 58.5. The standard InChI is InChI=1S/C79H137NO13/c1-3-5-7-9-11-13-15-17-19-21-23-25-26-27-28-29-30-31-32-33-34-35-36-37-38-39-40-41-42-43-45-47-49-51-53-55-57-59-61-63-71(84)80-67(68(83)62-60-58-56-54-52-50-48-46-44-24-22-20-18-16-14-12-10-8-6-4-2)66-90-78-76(89)74(87)77(70(65-82)92-78)93-79-75(88)73(86)72(85)69(64-81)91-79/h5,7,11,13,17,19,23,25,27-28,30-31,33-34,36-37,60,62,67-70,72-79,81-83,85-89H,3-4,6,8-10,12,14-16,18,20-22,24,26,29,32,35,38-59,61,63-66H2,1-2H3,(H,80,84)/b7-5-,13-11-,19-17-,25-23-,28-27-,31-30-,34-33-,37-36-,62-60+. The molecule has 2 rings (SSSR count). The first-order valence-corrected chi connectivity index (χ1v) is 37.6. The van der Waals surface area contributed by atoms with Gasteiger partial charge in [0.25, 0.3) is 0 Å². The van der Waals surface area contributed by atoms with Crippen LogP contribution in [0.2, 0.25) is 0 Å². The highest BCUT2D eigenvalue weighted by Crippen LogP contribution is 2.30. The molecule has 2 aliphatic rings. The molecule has 2 heterocycles. The van der Waals surface area contributed by atoms with Gasteiger partial charge in [-0.05, 0) is 83.5 Å². The van der Waals surface area contributed by atoms with E-state index >= 15 is 0 Å². The third-order valence-electron chi connectivity index (χ3n) is 17.7. The molecule has 2 fully saturated rings. The van der Waals surface area contributed by atoms with E-state index in [0.29, 0.717) is 6.42 Å². The van der Waals surface area contributed by atoms with Gasteiger partial charge in [-0.15, -0.1) is 0 Å². The van der Waals surface area contributed by atoms with Gasteiger partial charge in [0.1, 0.15) is 48.8 Å². The number of hydrogen-bond donors (Lipinski definition) is 9. The highest BCUT2D eigenvalue weighted by Gasteiger charge is 2.51. The Morgan fingerprint density at radius 1 is 0.398 bits per heavy atom. The fraction of sp³-hybridized carbons (Fsp3) is 0.759. The van der Waals surface area contributed by atoms with Crippen LogP contribution in [0.1, 0.15) is 290 Å². The second kappa shape index (κ2) is 62.2. The SMILES string of the molecule is CC/C=C\C/C=C\C/C=C\C/C=C\C/C=C\C/C=C\C/C=C\C/C=C\CCCCCCCCCCCCCCCCC(=O)NC(COC1OC(CO)C(OC2OC(CO)C(O)C(O)C2O)C(O)C1O)C(O)/C=C/CCCCCCCCCCCCCCCCCCCC. The lowest BCUT2D eigenvalue weighted by Crippen LogP contribution is -2.65. The zero-order valence-corrected chi connectivity index (χ0v) is 58.5. The summed E-state index contributed by atoms with van der Waals surface area (Å²) in [7, 11) is 0. The van der Waals surface area contributed by atoms with Crippen LogP contribution in [0.4, 0.5) is 0 Å². The summed E-state index contributed by atoms with van der Waals surface area (Å²) in [6.07, 6.45) is 72.9. The molecule has 14 heteroatoms. The van der Waals surface area contributed by atoms with E-state index in [0.717, 1.165) is 89.9 Å². The third-order valence-corrected chi connectivity index (χ3v) is 17.7. The van der Waals surface area contributed by atoms with Gasteiger partial charge in [-0.3, -0.25) is 4.79 Å². The number of carbonyl (C=O) groups is 1. The lowest BCUT2D eigenvalue weighted by Gasteiger charge is -2.46. The number of hydrogen-bond acceptors (Lipinski definition) is 13. The highest BCUT2D eigenvalue weighted by atomic mass is 16.7. The second-order valence-electron chi connectivity index (χ2n) is 26.0. The lowest BCUT2D eigenvalue weighted by atomic mass is 9.97. The molecule has 0 aliphatic carbocycles. The van der Waals surface area contributed by atoms with Crippen LogP contribution < -0.4 is 5.32 Å². The van der Waals surface area contributed by atoms with Gasteiger partial charge in [-0.25, -0.2) is 0 Å². The summed E-state index contributed by atoms with van der Waals surface area (Å²) in [5.74, 6) is -0.241. The highest BCUT2D eigenvalue weighted by molar-refractivity contribution is 5.76. The predicted octanol–water partition coefficient (Wildman–Crippen LogP) is 16.3. The number of aliphatic hydroxyl groups excluding tert-OH is 8. The fourth-order valence-corrected chi connectivity index (χ4v) is 11.8. The summed E-state index contributed by atoms with van der Waals surface area (Å²) in [6, 6.07) is -0.921. The first-order chi connectivity index (χ1) is 45.6. The molecule has 12 unspecified atom stereocenters. The van der Waals surface area contributed by atoms with E-state index in [4.69, 9.17) is 18.9 Å². The van der Waals surface area contributed by atoms with Crippen molar-refractivity contribution in [2.75, 3.05) is 19.8 Å². The van der Waals surface area contributed by atoms with E-state index in [1.54, 1.807) is 6.08 Å². The molecule has 536 valence electrons. The maximum absolute atomic E-state index is 13.4. The number of carbonyl (C=O) groups excluding carboxylic acids is 1. The molecule has 0 aromatic heterocycles. The molecule has 93 heavy (non-hydrogen) atoms. The minimum Gasteiger partial charge on any atom is -0.394 e. The van der Waals surface area contributed by atoms with Crippen LogP contribution in [-0.2, 0) is 23.7 Å². The number of rotatable bonds is 61. The smallest absolute Gasteiger partial charge is 0.220 e. The Labute approximate surface area is 566 Å². The van der Waals surface area contributed by atoms with Crippen LogP contribution in [0.15, 0.2) is 109 Å². The summed E-state index contributed by atoms with van der Waals surface area (Å²) in [6.45, 7) is 2.71. The van der Waals surface area contributed by atoms with Crippen molar-refractivity contribution in [3.05, 3.63) is 109 Å². The van der Waals surface area contributed by atoms with Gasteiger partial charge in [0.2, 0.25) is 5.91 Å². The number of aliphatic hydroxyl groups is 8. The van der Waals surface area contributed by atoms with E-state index in [1.807, 2.05) is 6.08 Å². The molecule has 0 spiro atoms. The summed E-state index contributed by atoms with van der Waals surface area (Å²) < 4.78 is 22.9. The summed E-state index contributed by atoms with van der Waals surface area (Å²) >= 11 is 0. The predicted molar refractivity (Wildman–Crippen MR) is 382 cm³/mol. The molecule has 1 amide bonds. The summed E-state index contributed by atoms with van der Waals surface area (Å²) in [5.41, 5.74) is 0. The van der Waals surface area contributed by atoms with Crippen LogP contribution in [-0.4, -0.2) is 140 Å². The number of unbranched alkanes of at least 4 members (excludes halogenated alkanes) is 32. The van der Waals surface area contributed by atoms with Crippen molar-refractivity contribution >= 4 is 5.91 Å². The number of ether oxygens (including phenoxy) is 4. The topological polar surface area (TPSA) is 228 Å². The van der Waals surface area contributed by atoms with Crippen molar-refractivity contribution in [1.82, 2.24) is 5.32 Å². The van der Waals surface area contributed by atoms with E-state index in [2.05, 4.69) is 116 Å². The van der Waals surface area contributed by atoms with Crippen LogP contribution in [0, 0.1) is 0 Å². The Morgan fingerprint density at radius 2 is 0.742 bits per heavy atom. The first-order valence-electron chi connectivity index (χ1n) is 37.6. The third kappa shape index (κ3) is 45.7. The van der Waals surface area contributed by atoms with Gasteiger partial charge < -0.3 is 65.1 Å². The summed E-state index contributed by atoms with van der Waals surface area (Å²) in [4.78, 5) is 13.4. The number of nitrogens with one attached hydrogen (secondary N) is 1. The number of amides is 1. The van der Waals surface area contributed by atoms with Crippen molar-refractivity contribution in [1.29, 1.82) is 0 Å². The van der Waals surface area contributed by atoms with Crippen molar-refractivity contribution in [3.63, 3.8) is 0 Å². The van der Waals surface area contributed by atoms with Gasteiger partial charge in [0, 0.05) is 6.42 Å². The molecule has 0 radical (unpaired) electrons. The van der Waals surface area contributed by atoms with E-state index in [9.17, 15) is 45.6 Å². The second-order valence-corrected chi connectivity index (χ2v) is 26.0. The molecule has 14 nitrogen and oxygen atoms in total. The normalized spacial score (nSPS) is 23.2. The van der Waals surface area contributed by atoms with Crippen molar-refractivity contribution in [2.24, 2.45) is 0 Å². The average Bonchev–Trinajstić information content (AvgIpc) is 0.854. The van der Waals surface area contributed by atoms with Gasteiger partial charge in [0.15, 0.2) is 12.6 Å². The molecule has 0 aromatic carbocycles. The Bertz CT molecular complexity index is 1980.